The van der Waals surface area contributed by atoms with Crippen molar-refractivity contribution in [1.82, 2.24) is 0 Å². The summed E-state index contributed by atoms with van der Waals surface area (Å²) >= 11 is -1.79. The second-order valence-corrected chi connectivity index (χ2v) is 13.3. The van der Waals surface area contributed by atoms with Gasteiger partial charge in [0.05, 0.1) is 0 Å². The number of halogens is 2. The van der Waals surface area contributed by atoms with Crippen molar-refractivity contribution in [2.24, 2.45) is 11.8 Å². The SMILES string of the molecule is CCC1=CC(C)[C]([Ti+2]2([C]3=CC(CC)=CC3C)[CH2][CH2]2)=C1.[Cl-].[Cl-]. The molecule has 3 aliphatic rings. The molecule has 2 atom stereocenters. The van der Waals surface area contributed by atoms with Crippen molar-refractivity contribution in [2.75, 3.05) is 0 Å². The summed E-state index contributed by atoms with van der Waals surface area (Å²) < 4.78 is 6.89. The Balaban J connectivity index is 0.00000110. The quantitative estimate of drug-likeness (QED) is 0.606. The molecule has 0 amide bonds. The molecule has 2 unspecified atom stereocenters. The third-order valence-electron chi connectivity index (χ3n) is 5.26. The molecule has 0 aromatic rings. The van der Waals surface area contributed by atoms with Crippen LogP contribution in [0.1, 0.15) is 40.5 Å². The minimum Gasteiger partial charge on any atom is -1.00 e. The first-order valence-electron chi connectivity index (χ1n) is 7.96. The third-order valence-corrected chi connectivity index (χ3v) is 12.9. The van der Waals surface area contributed by atoms with E-state index in [1.54, 1.807) is 20.6 Å². The fourth-order valence-electron chi connectivity index (χ4n) is 4.04. The first-order chi connectivity index (χ1) is 9.10. The number of hydrogen-bond acceptors (Lipinski definition) is 0. The predicted octanol–water partition coefficient (Wildman–Crippen LogP) is -0.261. The van der Waals surface area contributed by atoms with E-state index in [1.165, 1.54) is 12.8 Å². The topological polar surface area (TPSA) is 0 Å². The van der Waals surface area contributed by atoms with Crippen molar-refractivity contribution in [3.63, 3.8) is 0 Å². The maximum atomic E-state index is 2.59. The minimum atomic E-state index is -1.79. The Hall–Kier alpha value is 0.254. The average Bonchev–Trinajstić information content (AvgIpc) is 2.97. The van der Waals surface area contributed by atoms with Gasteiger partial charge in [-0.15, -0.1) is 0 Å². The van der Waals surface area contributed by atoms with Crippen LogP contribution in [0.25, 0.3) is 0 Å². The molecule has 0 nitrogen and oxygen atoms in total. The standard InChI is InChI=1S/2C8H11.C2H4.2ClH.Ti/c2*1-3-8-5-4-7(2)6-8;1-2;;;/h2*5-7H,3H2,1-2H3;1-2H2;2*1H;/q;;;;;+2/p-2. The van der Waals surface area contributed by atoms with Crippen LogP contribution in [0.3, 0.4) is 0 Å². The van der Waals surface area contributed by atoms with Crippen LogP contribution in [0.5, 0.6) is 0 Å². The van der Waals surface area contributed by atoms with Crippen LogP contribution >= 0.6 is 0 Å². The number of allylic oxidation sites excluding steroid dienone is 8. The van der Waals surface area contributed by atoms with Crippen LogP contribution in [-0.2, 0) is 16.6 Å². The van der Waals surface area contributed by atoms with Crippen molar-refractivity contribution in [2.45, 2.75) is 50.0 Å². The summed E-state index contributed by atoms with van der Waals surface area (Å²) in [5.74, 6) is 1.47. The molecule has 0 N–H and O–H groups in total. The van der Waals surface area contributed by atoms with Crippen LogP contribution in [0.4, 0.5) is 0 Å². The Kier molecular flexibility index (Phi) is 6.63. The van der Waals surface area contributed by atoms with Gasteiger partial charge in [-0.25, -0.2) is 0 Å². The maximum absolute atomic E-state index is 2.59. The molecular weight excluding hydrogens is 335 g/mol. The van der Waals surface area contributed by atoms with E-state index in [4.69, 9.17) is 0 Å². The average molecular weight is 361 g/mol. The molecule has 0 aromatic heterocycles. The van der Waals surface area contributed by atoms with E-state index in [1.807, 2.05) is 7.76 Å². The summed E-state index contributed by atoms with van der Waals surface area (Å²) in [5.41, 5.74) is 3.18. The molecule has 1 heterocycles. The van der Waals surface area contributed by atoms with Crippen LogP contribution in [-0.4, -0.2) is 0 Å². The Bertz CT molecular complexity index is 477. The maximum Gasteiger partial charge on any atom is -1.00 e. The van der Waals surface area contributed by atoms with E-state index < -0.39 is 16.6 Å². The van der Waals surface area contributed by atoms with Crippen LogP contribution in [0.15, 0.2) is 43.2 Å². The Morgan fingerprint density at radius 1 is 0.857 bits per heavy atom. The smallest absolute Gasteiger partial charge is 1.00 e. The summed E-state index contributed by atoms with van der Waals surface area (Å²) in [7, 11) is 0. The minimum absolute atomic E-state index is 0. The fourth-order valence-corrected chi connectivity index (χ4v) is 12.8. The molecule has 3 heteroatoms. The van der Waals surface area contributed by atoms with Crippen LogP contribution in [0, 0.1) is 11.8 Å². The largest absolute Gasteiger partial charge is 1.00 e. The summed E-state index contributed by atoms with van der Waals surface area (Å²) in [6.45, 7) is 9.43. The van der Waals surface area contributed by atoms with Gasteiger partial charge >= 0.3 is 122 Å². The molecule has 2 aliphatic carbocycles. The molecule has 21 heavy (non-hydrogen) atoms. The molecule has 3 rings (SSSR count). The second kappa shape index (κ2) is 7.22. The van der Waals surface area contributed by atoms with Gasteiger partial charge in [-0.3, -0.25) is 0 Å². The second-order valence-electron chi connectivity index (χ2n) is 6.55. The fraction of sp³-hybridized carbons (Fsp3) is 0.556. The Morgan fingerprint density at radius 3 is 1.48 bits per heavy atom. The zero-order valence-electron chi connectivity index (χ0n) is 13.5. The molecule has 1 aliphatic heterocycles. The third kappa shape index (κ3) is 3.30. The Morgan fingerprint density at radius 2 is 1.24 bits per heavy atom. The van der Waals surface area contributed by atoms with E-state index in [9.17, 15) is 0 Å². The van der Waals surface area contributed by atoms with E-state index in [2.05, 4.69) is 52.0 Å². The van der Waals surface area contributed by atoms with Gasteiger partial charge in [0.2, 0.25) is 0 Å². The summed E-state index contributed by atoms with van der Waals surface area (Å²) in [5, 5.41) is 0. The van der Waals surface area contributed by atoms with Crippen molar-refractivity contribution in [3.05, 3.63) is 43.2 Å². The number of rotatable bonds is 4. The van der Waals surface area contributed by atoms with Gasteiger partial charge in [0.15, 0.2) is 0 Å². The van der Waals surface area contributed by atoms with Gasteiger partial charge in [0, 0.05) is 0 Å². The van der Waals surface area contributed by atoms with Gasteiger partial charge in [-0.1, -0.05) is 0 Å². The predicted molar refractivity (Wildman–Crippen MR) is 80.9 cm³/mol. The normalized spacial score (nSPS) is 27.2. The van der Waals surface area contributed by atoms with E-state index >= 15 is 0 Å². The van der Waals surface area contributed by atoms with Gasteiger partial charge < -0.3 is 24.8 Å². The first-order valence-corrected chi connectivity index (χ1v) is 11.7. The molecule has 0 saturated carbocycles. The molecule has 0 spiro atoms. The van der Waals surface area contributed by atoms with Crippen molar-refractivity contribution in [3.8, 4) is 0 Å². The molecule has 0 aromatic carbocycles. The molecule has 0 bridgehead atoms. The van der Waals surface area contributed by atoms with Gasteiger partial charge in [-0.05, 0) is 0 Å². The zero-order chi connectivity index (χ0) is 13.6. The van der Waals surface area contributed by atoms with Gasteiger partial charge in [-0.2, -0.15) is 0 Å². The molecule has 1 saturated heterocycles. The number of hydrogen-bond donors (Lipinski definition) is 0. The van der Waals surface area contributed by atoms with E-state index in [-0.39, 0.29) is 24.8 Å². The first kappa shape index (κ1) is 19.3. The van der Waals surface area contributed by atoms with E-state index in [0.29, 0.717) is 0 Å². The Labute approximate surface area is 146 Å². The van der Waals surface area contributed by atoms with Crippen molar-refractivity contribution in [1.29, 1.82) is 0 Å². The molecule has 1 fully saturated rings. The summed E-state index contributed by atoms with van der Waals surface area (Å²) in [6.07, 6.45) is 12.6. The molecular formula is C18H26Cl2Ti. The molecule has 0 radical (unpaired) electrons. The monoisotopic (exact) mass is 360 g/mol. The van der Waals surface area contributed by atoms with E-state index in [0.717, 1.165) is 11.8 Å². The summed E-state index contributed by atoms with van der Waals surface area (Å²) in [4.78, 5) is 0. The molecule has 116 valence electrons. The zero-order valence-corrected chi connectivity index (χ0v) is 16.6. The van der Waals surface area contributed by atoms with Crippen molar-refractivity contribution < 1.29 is 41.4 Å². The van der Waals surface area contributed by atoms with Crippen molar-refractivity contribution >= 4 is 0 Å². The van der Waals surface area contributed by atoms with Gasteiger partial charge in [0.1, 0.15) is 0 Å². The van der Waals surface area contributed by atoms with Crippen LogP contribution in [0.2, 0.25) is 9.45 Å². The van der Waals surface area contributed by atoms with Gasteiger partial charge in [0.25, 0.3) is 0 Å². The summed E-state index contributed by atoms with van der Waals surface area (Å²) in [6, 6.07) is 0. The van der Waals surface area contributed by atoms with Crippen LogP contribution < -0.4 is 24.8 Å².